The zero-order valence-electron chi connectivity index (χ0n) is 17.0. The molecular weight excluding hydrogens is 307 g/mol. The summed E-state index contributed by atoms with van der Waals surface area (Å²) in [6, 6.07) is 9.17. The van der Waals surface area contributed by atoms with Gasteiger partial charge >= 0.3 is 0 Å². The summed E-state index contributed by atoms with van der Waals surface area (Å²) in [6.07, 6.45) is 3.14. The van der Waals surface area contributed by atoms with Gasteiger partial charge in [0.15, 0.2) is 0 Å². The Hall–Kier alpha value is -2.15. The molecule has 0 unspecified atom stereocenters. The SMILES string of the molecule is C=C(c1cccc(C)c1C)c1c(F)ccc(=C)/c1=C\C.CC.CCC. The van der Waals surface area contributed by atoms with Crippen LogP contribution in [-0.2, 0) is 0 Å². The molecule has 0 amide bonds. The van der Waals surface area contributed by atoms with Crippen molar-refractivity contribution in [1.29, 1.82) is 0 Å². The molecule has 2 aromatic rings. The second kappa shape index (κ2) is 11.4. The largest absolute Gasteiger partial charge is 0.206 e. The summed E-state index contributed by atoms with van der Waals surface area (Å²) in [6.45, 7) is 22.3. The fourth-order valence-electron chi connectivity index (χ4n) is 2.49. The second-order valence-electron chi connectivity index (χ2n) is 5.72. The fraction of sp³-hybridized carbons (Fsp3) is 0.333. The Bertz CT molecular complexity index is 798. The highest BCUT2D eigenvalue weighted by Crippen LogP contribution is 2.25. The molecule has 0 saturated heterocycles. The van der Waals surface area contributed by atoms with Crippen LogP contribution in [0.4, 0.5) is 4.39 Å². The van der Waals surface area contributed by atoms with Crippen molar-refractivity contribution in [2.75, 3.05) is 0 Å². The molecular formula is C24H33F. The van der Waals surface area contributed by atoms with Gasteiger partial charge in [-0.1, -0.05) is 77.6 Å². The number of rotatable bonds is 2. The van der Waals surface area contributed by atoms with Crippen molar-refractivity contribution in [3.05, 3.63) is 75.4 Å². The first-order valence-corrected chi connectivity index (χ1v) is 9.08. The molecule has 2 rings (SSSR count). The van der Waals surface area contributed by atoms with E-state index in [1.165, 1.54) is 18.1 Å². The van der Waals surface area contributed by atoms with E-state index in [1.807, 2.05) is 58.9 Å². The van der Waals surface area contributed by atoms with Crippen molar-refractivity contribution in [3.63, 3.8) is 0 Å². The number of halogens is 1. The van der Waals surface area contributed by atoms with Gasteiger partial charge in [0.05, 0.1) is 0 Å². The lowest BCUT2D eigenvalue weighted by Gasteiger charge is -2.13. The lowest BCUT2D eigenvalue weighted by molar-refractivity contribution is 0.622. The van der Waals surface area contributed by atoms with E-state index in [4.69, 9.17) is 0 Å². The van der Waals surface area contributed by atoms with Gasteiger partial charge in [-0.05, 0) is 59.5 Å². The van der Waals surface area contributed by atoms with Gasteiger partial charge in [0, 0.05) is 5.56 Å². The van der Waals surface area contributed by atoms with E-state index in [2.05, 4.69) is 27.0 Å². The standard InChI is InChI=1S/C19H19F.C3H8.C2H6/c1-6-16-13(3)10-11-18(20)19(16)15(5)17-9-7-8-12(2)14(17)4;1-3-2;1-2/h6-11H,3,5H2,1-2,4H3;3H2,1-2H3;1-2H3/b16-6+;;. The van der Waals surface area contributed by atoms with Crippen LogP contribution in [0.25, 0.3) is 18.2 Å². The molecule has 0 aromatic heterocycles. The van der Waals surface area contributed by atoms with Gasteiger partial charge in [-0.25, -0.2) is 4.39 Å². The van der Waals surface area contributed by atoms with E-state index < -0.39 is 0 Å². The highest BCUT2D eigenvalue weighted by atomic mass is 19.1. The van der Waals surface area contributed by atoms with Gasteiger partial charge in [-0.15, -0.1) is 0 Å². The van der Waals surface area contributed by atoms with Crippen LogP contribution in [0.1, 0.15) is 63.3 Å². The molecule has 0 N–H and O–H groups in total. The molecule has 0 aliphatic carbocycles. The van der Waals surface area contributed by atoms with Gasteiger partial charge < -0.3 is 0 Å². The molecule has 1 heteroatoms. The Labute approximate surface area is 153 Å². The Balaban J connectivity index is 0.00000104. The maximum Gasteiger partial charge on any atom is 0.131 e. The summed E-state index contributed by atoms with van der Waals surface area (Å²) in [4.78, 5) is 0. The highest BCUT2D eigenvalue weighted by molar-refractivity contribution is 5.81. The third kappa shape index (κ3) is 5.70. The first kappa shape index (κ1) is 22.9. The van der Waals surface area contributed by atoms with Gasteiger partial charge in [0.2, 0.25) is 0 Å². The number of benzene rings is 2. The van der Waals surface area contributed by atoms with Crippen molar-refractivity contribution in [2.45, 2.75) is 54.9 Å². The van der Waals surface area contributed by atoms with Crippen molar-refractivity contribution in [1.82, 2.24) is 0 Å². The Kier molecular flexibility index (Phi) is 10.4. The van der Waals surface area contributed by atoms with E-state index in [9.17, 15) is 4.39 Å². The predicted molar refractivity (Wildman–Crippen MR) is 113 cm³/mol. The number of aryl methyl sites for hydroxylation is 1. The van der Waals surface area contributed by atoms with Crippen molar-refractivity contribution < 1.29 is 4.39 Å². The summed E-state index contributed by atoms with van der Waals surface area (Å²) in [7, 11) is 0. The molecule has 0 nitrogen and oxygen atoms in total. The molecule has 0 radical (unpaired) electrons. The first-order valence-electron chi connectivity index (χ1n) is 9.08. The molecule has 0 aliphatic heterocycles. The van der Waals surface area contributed by atoms with Crippen molar-refractivity contribution in [2.24, 2.45) is 0 Å². The minimum Gasteiger partial charge on any atom is -0.206 e. The Morgan fingerprint density at radius 2 is 1.64 bits per heavy atom. The predicted octanol–water partition coefficient (Wildman–Crippen LogP) is 6.16. The molecule has 0 saturated carbocycles. The topological polar surface area (TPSA) is 0 Å². The molecule has 136 valence electrons. The van der Waals surface area contributed by atoms with Crippen LogP contribution in [0.5, 0.6) is 0 Å². The van der Waals surface area contributed by atoms with Crippen LogP contribution in [0.3, 0.4) is 0 Å². The van der Waals surface area contributed by atoms with E-state index in [0.29, 0.717) is 11.1 Å². The number of hydrogen-bond donors (Lipinski definition) is 0. The maximum atomic E-state index is 14.3. The van der Waals surface area contributed by atoms with Gasteiger partial charge in [-0.2, -0.15) is 0 Å². The smallest absolute Gasteiger partial charge is 0.131 e. The second-order valence-corrected chi connectivity index (χ2v) is 5.72. The monoisotopic (exact) mass is 340 g/mol. The summed E-state index contributed by atoms with van der Waals surface area (Å²) in [5, 5.41) is 1.63. The average Bonchev–Trinajstić information content (AvgIpc) is 2.61. The summed E-state index contributed by atoms with van der Waals surface area (Å²) >= 11 is 0. The maximum absolute atomic E-state index is 14.3. The Morgan fingerprint density at radius 3 is 2.16 bits per heavy atom. The normalized spacial score (nSPS) is 10.3. The summed E-state index contributed by atoms with van der Waals surface area (Å²) < 4.78 is 14.3. The van der Waals surface area contributed by atoms with Crippen LogP contribution in [0, 0.1) is 19.7 Å². The summed E-state index contributed by atoms with van der Waals surface area (Å²) in [5.74, 6) is -0.253. The molecule has 0 spiro atoms. The minimum absolute atomic E-state index is 0.253. The molecule has 0 bridgehead atoms. The molecule has 0 atom stereocenters. The molecule has 0 heterocycles. The van der Waals surface area contributed by atoms with Crippen LogP contribution in [0.2, 0.25) is 0 Å². The minimum atomic E-state index is -0.253. The van der Waals surface area contributed by atoms with Crippen LogP contribution in [-0.4, -0.2) is 0 Å². The third-order valence-electron chi connectivity index (χ3n) is 3.81. The molecule has 2 aromatic carbocycles. The fourth-order valence-corrected chi connectivity index (χ4v) is 2.49. The number of hydrogen-bond acceptors (Lipinski definition) is 0. The quantitative estimate of drug-likeness (QED) is 0.614. The summed E-state index contributed by atoms with van der Waals surface area (Å²) in [5.41, 5.74) is 4.55. The zero-order valence-corrected chi connectivity index (χ0v) is 17.0. The zero-order chi connectivity index (χ0) is 19.6. The third-order valence-corrected chi connectivity index (χ3v) is 3.81. The lowest BCUT2D eigenvalue weighted by atomic mass is 9.91. The van der Waals surface area contributed by atoms with E-state index in [-0.39, 0.29) is 5.82 Å². The van der Waals surface area contributed by atoms with Crippen LogP contribution < -0.4 is 10.4 Å². The molecule has 0 aliphatic rings. The van der Waals surface area contributed by atoms with Gasteiger partial charge in [-0.3, -0.25) is 0 Å². The van der Waals surface area contributed by atoms with E-state index in [0.717, 1.165) is 21.6 Å². The lowest BCUT2D eigenvalue weighted by Crippen LogP contribution is -2.28. The molecule has 0 fully saturated rings. The Morgan fingerprint density at radius 1 is 1.08 bits per heavy atom. The van der Waals surface area contributed by atoms with Crippen molar-refractivity contribution >= 4 is 18.2 Å². The van der Waals surface area contributed by atoms with Crippen LogP contribution in [0.15, 0.2) is 36.9 Å². The van der Waals surface area contributed by atoms with Crippen LogP contribution >= 0.6 is 0 Å². The van der Waals surface area contributed by atoms with Gasteiger partial charge in [0.25, 0.3) is 0 Å². The van der Waals surface area contributed by atoms with E-state index in [1.54, 1.807) is 6.07 Å². The molecule has 25 heavy (non-hydrogen) atoms. The first-order chi connectivity index (χ1) is 11.9. The van der Waals surface area contributed by atoms with E-state index >= 15 is 0 Å². The highest BCUT2D eigenvalue weighted by Gasteiger charge is 2.12. The average molecular weight is 341 g/mol. The van der Waals surface area contributed by atoms with Crippen molar-refractivity contribution in [3.8, 4) is 0 Å². The van der Waals surface area contributed by atoms with Gasteiger partial charge in [0.1, 0.15) is 5.82 Å².